The molecule has 0 atom stereocenters. The van der Waals surface area contributed by atoms with Crippen LogP contribution in [0.5, 0.6) is 5.75 Å². The second kappa shape index (κ2) is 7.42. The molecule has 1 aromatic carbocycles. The summed E-state index contributed by atoms with van der Waals surface area (Å²) in [5, 5.41) is 9.52. The van der Waals surface area contributed by atoms with Crippen LogP contribution in [0.2, 0.25) is 0 Å². The SMILES string of the molecule is CCC1(CO)CCN(C(=O)Cc2cccc(OC(F)(F)F)c2)CC1. The Bertz CT molecular complexity index is 560. The summed E-state index contributed by atoms with van der Waals surface area (Å²) in [7, 11) is 0. The van der Waals surface area contributed by atoms with Crippen molar-refractivity contribution in [3.63, 3.8) is 0 Å². The van der Waals surface area contributed by atoms with Crippen LogP contribution in [0.4, 0.5) is 13.2 Å². The van der Waals surface area contributed by atoms with Crippen LogP contribution in [0.15, 0.2) is 24.3 Å². The van der Waals surface area contributed by atoms with Crippen molar-refractivity contribution in [2.24, 2.45) is 5.41 Å². The molecule has 1 heterocycles. The van der Waals surface area contributed by atoms with Crippen molar-refractivity contribution in [2.75, 3.05) is 19.7 Å². The number of nitrogens with zero attached hydrogens (tertiary/aromatic N) is 1. The van der Waals surface area contributed by atoms with Gasteiger partial charge in [0.2, 0.25) is 5.91 Å². The standard InChI is InChI=1S/C17H22F3NO3/c1-2-16(12-22)6-8-21(9-7-16)15(23)11-13-4-3-5-14(10-13)24-17(18,19)20/h3-5,10,22H,2,6-9,11-12H2,1H3. The van der Waals surface area contributed by atoms with Gasteiger partial charge >= 0.3 is 6.36 Å². The minimum Gasteiger partial charge on any atom is -0.406 e. The van der Waals surface area contributed by atoms with Gasteiger partial charge in [0.1, 0.15) is 5.75 Å². The van der Waals surface area contributed by atoms with Crippen LogP contribution in [0.3, 0.4) is 0 Å². The topological polar surface area (TPSA) is 49.8 Å². The third-order valence-electron chi connectivity index (χ3n) is 4.75. The highest BCUT2D eigenvalue weighted by Gasteiger charge is 2.34. The van der Waals surface area contributed by atoms with Gasteiger partial charge in [-0.05, 0) is 42.4 Å². The maximum atomic E-state index is 12.4. The Morgan fingerprint density at radius 3 is 2.54 bits per heavy atom. The number of piperidine rings is 1. The van der Waals surface area contributed by atoms with E-state index in [4.69, 9.17) is 0 Å². The Morgan fingerprint density at radius 1 is 1.33 bits per heavy atom. The Balaban J connectivity index is 1.95. The fraction of sp³-hybridized carbons (Fsp3) is 0.588. The number of hydrogen-bond acceptors (Lipinski definition) is 3. The number of halogens is 3. The van der Waals surface area contributed by atoms with Crippen LogP contribution in [0, 0.1) is 5.41 Å². The monoisotopic (exact) mass is 345 g/mol. The summed E-state index contributed by atoms with van der Waals surface area (Å²) in [5.41, 5.74) is 0.369. The molecule has 1 aliphatic heterocycles. The van der Waals surface area contributed by atoms with Crippen molar-refractivity contribution in [1.29, 1.82) is 0 Å². The Hall–Kier alpha value is -1.76. The summed E-state index contributed by atoms with van der Waals surface area (Å²) < 4.78 is 40.6. The van der Waals surface area contributed by atoms with E-state index >= 15 is 0 Å². The molecule has 0 unspecified atom stereocenters. The summed E-state index contributed by atoms with van der Waals surface area (Å²) in [6, 6.07) is 5.49. The van der Waals surface area contributed by atoms with Crippen molar-refractivity contribution in [1.82, 2.24) is 4.90 Å². The largest absolute Gasteiger partial charge is 0.573 e. The zero-order valence-corrected chi connectivity index (χ0v) is 13.6. The predicted molar refractivity (Wildman–Crippen MR) is 82.5 cm³/mol. The number of rotatable bonds is 5. The van der Waals surface area contributed by atoms with Crippen LogP contribution in [0.1, 0.15) is 31.7 Å². The first-order valence-electron chi connectivity index (χ1n) is 8.00. The number of alkyl halides is 3. The third kappa shape index (κ3) is 4.87. The zero-order chi connectivity index (χ0) is 17.8. The summed E-state index contributed by atoms with van der Waals surface area (Å²) in [6.45, 7) is 3.26. The highest BCUT2D eigenvalue weighted by atomic mass is 19.4. The van der Waals surface area contributed by atoms with Crippen molar-refractivity contribution in [3.8, 4) is 5.75 Å². The number of benzene rings is 1. The summed E-state index contributed by atoms with van der Waals surface area (Å²) >= 11 is 0. The van der Waals surface area contributed by atoms with Crippen LogP contribution in [0.25, 0.3) is 0 Å². The quantitative estimate of drug-likeness (QED) is 0.892. The van der Waals surface area contributed by atoms with Gasteiger partial charge in [0.05, 0.1) is 6.42 Å². The Morgan fingerprint density at radius 2 is 2.00 bits per heavy atom. The fourth-order valence-electron chi connectivity index (χ4n) is 2.99. The van der Waals surface area contributed by atoms with Crippen molar-refractivity contribution in [2.45, 2.75) is 39.0 Å². The summed E-state index contributed by atoms with van der Waals surface area (Å²) in [5.74, 6) is -0.446. The van der Waals surface area contributed by atoms with E-state index < -0.39 is 6.36 Å². The molecule has 0 bridgehead atoms. The van der Waals surface area contributed by atoms with Gasteiger partial charge in [-0.1, -0.05) is 19.1 Å². The molecule has 4 nitrogen and oxygen atoms in total. The molecule has 0 saturated carbocycles. The van der Waals surface area contributed by atoms with Crippen LogP contribution in [-0.4, -0.2) is 42.0 Å². The Kier molecular flexibility index (Phi) is 5.74. The maximum absolute atomic E-state index is 12.4. The lowest BCUT2D eigenvalue weighted by atomic mass is 9.77. The molecule has 1 saturated heterocycles. The van der Waals surface area contributed by atoms with Gasteiger partial charge in [-0.2, -0.15) is 0 Å². The fourth-order valence-corrected chi connectivity index (χ4v) is 2.99. The number of hydrogen-bond donors (Lipinski definition) is 1. The molecular formula is C17H22F3NO3. The maximum Gasteiger partial charge on any atom is 0.573 e. The number of ether oxygens (including phenoxy) is 1. The molecule has 24 heavy (non-hydrogen) atoms. The second-order valence-electron chi connectivity index (χ2n) is 6.26. The van der Waals surface area contributed by atoms with Crippen molar-refractivity contribution >= 4 is 5.91 Å². The van der Waals surface area contributed by atoms with Gasteiger partial charge in [0.25, 0.3) is 0 Å². The molecule has 7 heteroatoms. The minimum absolute atomic E-state index is 0.0350. The second-order valence-corrected chi connectivity index (χ2v) is 6.26. The van der Waals surface area contributed by atoms with Gasteiger partial charge < -0.3 is 14.7 Å². The van der Waals surface area contributed by atoms with E-state index in [2.05, 4.69) is 4.74 Å². The lowest BCUT2D eigenvalue weighted by Gasteiger charge is -2.40. The molecule has 0 spiro atoms. The van der Waals surface area contributed by atoms with E-state index in [1.165, 1.54) is 18.2 Å². The molecule has 1 fully saturated rings. The molecule has 0 radical (unpaired) electrons. The van der Waals surface area contributed by atoms with Crippen LogP contribution in [-0.2, 0) is 11.2 Å². The summed E-state index contributed by atoms with van der Waals surface area (Å²) in [6.07, 6.45) is -2.37. The molecule has 1 amide bonds. The highest BCUT2D eigenvalue weighted by molar-refractivity contribution is 5.79. The normalized spacial score (nSPS) is 17.6. The molecule has 0 aromatic heterocycles. The first kappa shape index (κ1) is 18.6. The lowest BCUT2D eigenvalue weighted by molar-refractivity contribution is -0.274. The van der Waals surface area contributed by atoms with Gasteiger partial charge in [0.15, 0.2) is 0 Å². The van der Waals surface area contributed by atoms with E-state index in [-0.39, 0.29) is 30.1 Å². The highest BCUT2D eigenvalue weighted by Crippen LogP contribution is 2.34. The molecule has 1 aromatic rings. The van der Waals surface area contributed by atoms with Crippen LogP contribution < -0.4 is 4.74 Å². The summed E-state index contributed by atoms with van der Waals surface area (Å²) in [4.78, 5) is 14.1. The van der Waals surface area contributed by atoms with Gasteiger partial charge in [-0.25, -0.2) is 0 Å². The molecule has 1 aliphatic rings. The van der Waals surface area contributed by atoms with Gasteiger partial charge in [0, 0.05) is 19.7 Å². The van der Waals surface area contributed by atoms with Gasteiger partial charge in [-0.3, -0.25) is 4.79 Å². The number of amides is 1. The number of aliphatic hydroxyl groups excluding tert-OH is 1. The minimum atomic E-state index is -4.75. The van der Waals surface area contributed by atoms with Crippen LogP contribution >= 0.6 is 0 Å². The van der Waals surface area contributed by atoms with E-state index in [1.807, 2.05) is 6.92 Å². The average molecular weight is 345 g/mol. The molecule has 134 valence electrons. The Labute approximate surface area is 139 Å². The first-order valence-corrected chi connectivity index (χ1v) is 8.00. The van der Waals surface area contributed by atoms with Crippen molar-refractivity contribution in [3.05, 3.63) is 29.8 Å². The number of likely N-dealkylation sites (tertiary alicyclic amines) is 1. The lowest BCUT2D eigenvalue weighted by Crippen LogP contribution is -2.45. The number of carbonyl (C=O) groups excluding carboxylic acids is 1. The van der Waals surface area contributed by atoms with E-state index in [0.717, 1.165) is 19.3 Å². The number of carbonyl (C=O) groups is 1. The van der Waals surface area contributed by atoms with E-state index in [0.29, 0.717) is 18.7 Å². The molecule has 1 N–H and O–H groups in total. The average Bonchev–Trinajstić information content (AvgIpc) is 2.53. The molecule has 2 rings (SSSR count). The van der Waals surface area contributed by atoms with Crippen molar-refractivity contribution < 1.29 is 27.8 Å². The number of aliphatic hydroxyl groups is 1. The third-order valence-corrected chi connectivity index (χ3v) is 4.75. The zero-order valence-electron chi connectivity index (χ0n) is 13.6. The predicted octanol–water partition coefficient (Wildman–Crippen LogP) is 3.14. The van der Waals surface area contributed by atoms with E-state index in [9.17, 15) is 23.1 Å². The molecular weight excluding hydrogens is 323 g/mol. The first-order chi connectivity index (χ1) is 11.3. The van der Waals surface area contributed by atoms with Gasteiger partial charge in [-0.15, -0.1) is 13.2 Å². The smallest absolute Gasteiger partial charge is 0.406 e. The molecule has 0 aliphatic carbocycles. The van der Waals surface area contributed by atoms with E-state index in [1.54, 1.807) is 11.0 Å².